The molecule has 1 aromatic carbocycles. The van der Waals surface area contributed by atoms with Crippen LogP contribution in [0.3, 0.4) is 0 Å². The molecule has 0 unspecified atom stereocenters. The molecule has 0 amide bonds. The minimum absolute atomic E-state index is 0.695. The Kier molecular flexibility index (Phi) is 5.06. The maximum absolute atomic E-state index is 4.73. The molecule has 1 N–H and O–H groups in total. The fraction of sp³-hybridized carbons (Fsp3) is 0.130. The number of aryl methyl sites for hydroxylation is 1. The topological polar surface area (TPSA) is 63.6 Å². The molecule has 0 saturated heterocycles. The summed E-state index contributed by atoms with van der Waals surface area (Å²) in [6.45, 7) is 4.75. The van der Waals surface area contributed by atoms with Crippen molar-refractivity contribution in [3.63, 3.8) is 0 Å². The van der Waals surface area contributed by atoms with Crippen LogP contribution in [-0.4, -0.2) is 19.9 Å². The molecule has 0 atom stereocenters. The second-order valence-corrected chi connectivity index (χ2v) is 6.63. The van der Waals surface area contributed by atoms with E-state index in [1.54, 1.807) is 18.6 Å². The lowest BCUT2D eigenvalue weighted by molar-refractivity contribution is 1.03. The number of nitrogens with one attached hydrogen (secondary N) is 1. The van der Waals surface area contributed by atoms with Gasteiger partial charge in [-0.3, -0.25) is 9.97 Å². The summed E-state index contributed by atoms with van der Waals surface area (Å²) in [5.74, 6) is 1.57. The van der Waals surface area contributed by atoms with E-state index in [1.807, 2.05) is 38.2 Å². The Labute approximate surface area is 164 Å². The van der Waals surface area contributed by atoms with E-state index >= 15 is 0 Å². The molecule has 28 heavy (non-hydrogen) atoms. The standard InChI is InChI=1S/C23H21N5/c1-16-17(2)27-23(20-9-12-24-13-10-20)28-22(16)26-14-18-5-7-19(8-6-18)21-4-3-11-25-15-21/h3-13,15H,14H2,1-2H3,(H,26,27,28). The Balaban J connectivity index is 1.52. The first-order valence-electron chi connectivity index (χ1n) is 9.19. The summed E-state index contributed by atoms with van der Waals surface area (Å²) >= 11 is 0. The van der Waals surface area contributed by atoms with Gasteiger partial charge in [-0.2, -0.15) is 0 Å². The Morgan fingerprint density at radius 1 is 0.750 bits per heavy atom. The number of aromatic nitrogens is 4. The molecule has 0 aliphatic carbocycles. The van der Waals surface area contributed by atoms with E-state index in [-0.39, 0.29) is 0 Å². The van der Waals surface area contributed by atoms with Gasteiger partial charge in [0, 0.05) is 48.2 Å². The molecular weight excluding hydrogens is 346 g/mol. The second-order valence-electron chi connectivity index (χ2n) is 6.63. The number of anilines is 1. The van der Waals surface area contributed by atoms with Crippen molar-refractivity contribution in [2.75, 3.05) is 5.32 Å². The maximum atomic E-state index is 4.73. The van der Waals surface area contributed by atoms with Crippen LogP contribution in [0, 0.1) is 13.8 Å². The molecule has 5 nitrogen and oxygen atoms in total. The van der Waals surface area contributed by atoms with Crippen LogP contribution in [0.25, 0.3) is 22.5 Å². The first-order chi connectivity index (χ1) is 13.7. The monoisotopic (exact) mass is 367 g/mol. The van der Waals surface area contributed by atoms with Crippen molar-refractivity contribution in [1.82, 2.24) is 19.9 Å². The van der Waals surface area contributed by atoms with Crippen molar-refractivity contribution in [3.05, 3.63) is 90.1 Å². The second kappa shape index (κ2) is 7.96. The average molecular weight is 367 g/mol. The van der Waals surface area contributed by atoms with Gasteiger partial charge in [0.2, 0.25) is 0 Å². The summed E-state index contributed by atoms with van der Waals surface area (Å²) in [5.41, 5.74) is 6.45. The number of pyridine rings is 2. The van der Waals surface area contributed by atoms with Gasteiger partial charge in [0.25, 0.3) is 0 Å². The zero-order valence-electron chi connectivity index (χ0n) is 15.9. The van der Waals surface area contributed by atoms with E-state index in [4.69, 9.17) is 4.98 Å². The lowest BCUT2D eigenvalue weighted by Crippen LogP contribution is -2.07. The van der Waals surface area contributed by atoms with Crippen molar-refractivity contribution < 1.29 is 0 Å². The van der Waals surface area contributed by atoms with Gasteiger partial charge in [-0.15, -0.1) is 0 Å². The first-order valence-corrected chi connectivity index (χ1v) is 9.19. The highest BCUT2D eigenvalue weighted by molar-refractivity contribution is 5.63. The Hall–Kier alpha value is -3.60. The van der Waals surface area contributed by atoms with Gasteiger partial charge in [0.15, 0.2) is 5.82 Å². The molecule has 0 spiro atoms. The Morgan fingerprint density at radius 2 is 1.54 bits per heavy atom. The predicted octanol–water partition coefficient (Wildman–Crippen LogP) is 4.83. The van der Waals surface area contributed by atoms with Gasteiger partial charge in [-0.05, 0) is 48.7 Å². The first kappa shape index (κ1) is 17.8. The molecule has 138 valence electrons. The molecule has 0 aliphatic rings. The van der Waals surface area contributed by atoms with Crippen molar-refractivity contribution in [2.24, 2.45) is 0 Å². The smallest absolute Gasteiger partial charge is 0.161 e. The molecule has 4 rings (SSSR count). The molecular formula is C23H21N5. The summed E-state index contributed by atoms with van der Waals surface area (Å²) in [4.78, 5) is 17.6. The van der Waals surface area contributed by atoms with E-state index in [1.165, 1.54) is 5.56 Å². The van der Waals surface area contributed by atoms with Crippen molar-refractivity contribution >= 4 is 5.82 Å². The van der Waals surface area contributed by atoms with Gasteiger partial charge in [0.1, 0.15) is 5.82 Å². The van der Waals surface area contributed by atoms with E-state index in [0.717, 1.165) is 33.8 Å². The quantitative estimate of drug-likeness (QED) is 0.547. The summed E-state index contributed by atoms with van der Waals surface area (Å²) in [5, 5.41) is 3.46. The molecule has 0 fully saturated rings. The van der Waals surface area contributed by atoms with Gasteiger partial charge < -0.3 is 5.32 Å². The molecule has 3 aromatic heterocycles. The lowest BCUT2D eigenvalue weighted by Gasteiger charge is -2.13. The highest BCUT2D eigenvalue weighted by Crippen LogP contribution is 2.22. The zero-order valence-corrected chi connectivity index (χ0v) is 15.9. The van der Waals surface area contributed by atoms with Crippen molar-refractivity contribution in [1.29, 1.82) is 0 Å². The molecule has 4 aromatic rings. The van der Waals surface area contributed by atoms with Crippen LogP contribution >= 0.6 is 0 Å². The average Bonchev–Trinajstić information content (AvgIpc) is 2.76. The zero-order chi connectivity index (χ0) is 19.3. The van der Waals surface area contributed by atoms with Crippen LogP contribution in [0.2, 0.25) is 0 Å². The molecule has 0 aliphatic heterocycles. The van der Waals surface area contributed by atoms with E-state index in [0.29, 0.717) is 12.4 Å². The minimum Gasteiger partial charge on any atom is -0.366 e. The maximum Gasteiger partial charge on any atom is 0.161 e. The number of nitrogens with zero attached hydrogens (tertiary/aromatic N) is 4. The van der Waals surface area contributed by atoms with Crippen molar-refractivity contribution in [2.45, 2.75) is 20.4 Å². The molecule has 0 bridgehead atoms. The van der Waals surface area contributed by atoms with Crippen LogP contribution < -0.4 is 5.32 Å². The third kappa shape index (κ3) is 3.88. The molecule has 3 heterocycles. The number of hydrogen-bond donors (Lipinski definition) is 1. The van der Waals surface area contributed by atoms with Gasteiger partial charge in [0.05, 0.1) is 0 Å². The predicted molar refractivity (Wildman–Crippen MR) is 112 cm³/mol. The fourth-order valence-electron chi connectivity index (χ4n) is 2.97. The van der Waals surface area contributed by atoms with Crippen LogP contribution in [0.15, 0.2) is 73.3 Å². The summed E-state index contributed by atoms with van der Waals surface area (Å²) in [6, 6.07) is 16.4. The van der Waals surface area contributed by atoms with Crippen LogP contribution in [-0.2, 0) is 6.54 Å². The highest BCUT2D eigenvalue weighted by atomic mass is 15.0. The minimum atomic E-state index is 0.695. The largest absolute Gasteiger partial charge is 0.366 e. The number of benzene rings is 1. The fourth-order valence-corrected chi connectivity index (χ4v) is 2.97. The summed E-state index contributed by atoms with van der Waals surface area (Å²) in [6.07, 6.45) is 7.17. The lowest BCUT2D eigenvalue weighted by atomic mass is 10.1. The molecule has 0 saturated carbocycles. The Bertz CT molecular complexity index is 1060. The van der Waals surface area contributed by atoms with Gasteiger partial charge >= 0.3 is 0 Å². The molecule has 5 heteroatoms. The number of rotatable bonds is 5. The van der Waals surface area contributed by atoms with E-state index in [2.05, 4.69) is 50.6 Å². The summed E-state index contributed by atoms with van der Waals surface area (Å²) < 4.78 is 0. The number of hydrogen-bond acceptors (Lipinski definition) is 5. The highest BCUT2D eigenvalue weighted by Gasteiger charge is 2.09. The molecule has 0 radical (unpaired) electrons. The van der Waals surface area contributed by atoms with Crippen LogP contribution in [0.1, 0.15) is 16.8 Å². The summed E-state index contributed by atoms with van der Waals surface area (Å²) in [7, 11) is 0. The SMILES string of the molecule is Cc1nc(-c2ccncc2)nc(NCc2ccc(-c3cccnc3)cc2)c1C. The van der Waals surface area contributed by atoms with Crippen LogP contribution in [0.4, 0.5) is 5.82 Å². The van der Waals surface area contributed by atoms with E-state index in [9.17, 15) is 0 Å². The van der Waals surface area contributed by atoms with E-state index < -0.39 is 0 Å². The van der Waals surface area contributed by atoms with Crippen LogP contribution in [0.5, 0.6) is 0 Å². The Morgan fingerprint density at radius 3 is 2.25 bits per heavy atom. The van der Waals surface area contributed by atoms with Gasteiger partial charge in [-0.1, -0.05) is 30.3 Å². The van der Waals surface area contributed by atoms with Crippen molar-refractivity contribution in [3.8, 4) is 22.5 Å². The van der Waals surface area contributed by atoms with Gasteiger partial charge in [-0.25, -0.2) is 9.97 Å². The third-order valence-electron chi connectivity index (χ3n) is 4.74. The third-order valence-corrected chi connectivity index (χ3v) is 4.74. The normalized spacial score (nSPS) is 10.6.